The lowest BCUT2D eigenvalue weighted by atomic mass is 9.94. The Balaban J connectivity index is 2.22. The number of hydrogen-bond donors (Lipinski definition) is 1. The summed E-state index contributed by atoms with van der Waals surface area (Å²) in [6.45, 7) is 3.08. The third-order valence-corrected chi connectivity index (χ3v) is 5.96. The Morgan fingerprint density at radius 2 is 1.90 bits per heavy atom. The zero-order valence-electron chi connectivity index (χ0n) is 12.2. The maximum Gasteiger partial charge on any atom is 0.337 e. The van der Waals surface area contributed by atoms with E-state index in [2.05, 4.69) is 6.92 Å². The first-order valence-electron chi connectivity index (χ1n) is 7.29. The standard InChI is InChI=1S/C15H21NO4S/c1-2-5-12-8-10-16(11-9-12)21(19,20)14-7-4-3-6-13(14)15(17)18/h3-4,6-7,12H,2,5,8-11H2,1H3,(H,17,18). The predicted molar refractivity (Wildman–Crippen MR) is 79.8 cm³/mol. The number of nitrogens with zero attached hydrogens (tertiary/aromatic N) is 1. The number of carboxylic acids is 1. The van der Waals surface area contributed by atoms with Gasteiger partial charge in [0.2, 0.25) is 10.0 Å². The van der Waals surface area contributed by atoms with Crippen LogP contribution in [0.15, 0.2) is 29.2 Å². The Morgan fingerprint density at radius 1 is 1.29 bits per heavy atom. The van der Waals surface area contributed by atoms with Crippen molar-refractivity contribution in [3.8, 4) is 0 Å². The third kappa shape index (κ3) is 3.44. The molecule has 1 aromatic rings. The van der Waals surface area contributed by atoms with Crippen LogP contribution in [0.4, 0.5) is 0 Å². The van der Waals surface area contributed by atoms with Gasteiger partial charge in [0.25, 0.3) is 0 Å². The number of benzene rings is 1. The van der Waals surface area contributed by atoms with Gasteiger partial charge in [0.05, 0.1) is 10.5 Å². The summed E-state index contributed by atoms with van der Waals surface area (Å²) in [6.07, 6.45) is 3.93. The van der Waals surface area contributed by atoms with Crippen molar-refractivity contribution in [3.05, 3.63) is 29.8 Å². The summed E-state index contributed by atoms with van der Waals surface area (Å²) in [4.78, 5) is 11.1. The molecule has 0 atom stereocenters. The number of aromatic carboxylic acids is 1. The second-order valence-electron chi connectivity index (χ2n) is 5.44. The van der Waals surface area contributed by atoms with Gasteiger partial charge in [-0.05, 0) is 30.9 Å². The van der Waals surface area contributed by atoms with E-state index < -0.39 is 16.0 Å². The second-order valence-corrected chi connectivity index (χ2v) is 7.34. The lowest BCUT2D eigenvalue weighted by Gasteiger charge is -2.31. The van der Waals surface area contributed by atoms with Crippen LogP contribution in [0.25, 0.3) is 0 Å². The van der Waals surface area contributed by atoms with Crippen LogP contribution >= 0.6 is 0 Å². The molecule has 0 aromatic heterocycles. The fourth-order valence-electron chi connectivity index (χ4n) is 2.85. The van der Waals surface area contributed by atoms with Crippen molar-refractivity contribution in [2.24, 2.45) is 5.92 Å². The van der Waals surface area contributed by atoms with Crippen LogP contribution in [0.5, 0.6) is 0 Å². The minimum atomic E-state index is -3.72. The van der Waals surface area contributed by atoms with Crippen LogP contribution in [0.1, 0.15) is 43.0 Å². The zero-order chi connectivity index (χ0) is 15.5. The predicted octanol–water partition coefficient (Wildman–Crippen LogP) is 2.59. The molecule has 21 heavy (non-hydrogen) atoms. The monoisotopic (exact) mass is 311 g/mol. The second kappa shape index (κ2) is 6.58. The van der Waals surface area contributed by atoms with E-state index in [1.165, 1.54) is 22.5 Å². The van der Waals surface area contributed by atoms with Crippen LogP contribution in [-0.2, 0) is 10.0 Å². The number of sulfonamides is 1. The molecule has 1 heterocycles. The average molecular weight is 311 g/mol. The summed E-state index contributed by atoms with van der Waals surface area (Å²) in [5.74, 6) is -0.633. The van der Waals surface area contributed by atoms with Gasteiger partial charge in [0, 0.05) is 13.1 Å². The van der Waals surface area contributed by atoms with Gasteiger partial charge < -0.3 is 5.11 Å². The van der Waals surface area contributed by atoms with E-state index in [-0.39, 0.29) is 10.5 Å². The highest BCUT2D eigenvalue weighted by Crippen LogP contribution is 2.27. The topological polar surface area (TPSA) is 74.7 Å². The molecule has 0 unspecified atom stereocenters. The lowest BCUT2D eigenvalue weighted by molar-refractivity contribution is 0.0692. The lowest BCUT2D eigenvalue weighted by Crippen LogP contribution is -2.39. The molecular weight excluding hydrogens is 290 g/mol. The first-order valence-corrected chi connectivity index (χ1v) is 8.73. The maximum atomic E-state index is 12.6. The van der Waals surface area contributed by atoms with E-state index >= 15 is 0 Å². The van der Waals surface area contributed by atoms with Gasteiger partial charge in [0.15, 0.2) is 0 Å². The molecular formula is C15H21NO4S. The van der Waals surface area contributed by atoms with Crippen molar-refractivity contribution in [1.29, 1.82) is 0 Å². The fraction of sp³-hybridized carbons (Fsp3) is 0.533. The van der Waals surface area contributed by atoms with E-state index in [1.54, 1.807) is 6.07 Å². The summed E-state index contributed by atoms with van der Waals surface area (Å²) in [7, 11) is -3.72. The van der Waals surface area contributed by atoms with Gasteiger partial charge >= 0.3 is 5.97 Å². The summed E-state index contributed by atoms with van der Waals surface area (Å²) < 4.78 is 26.7. The first kappa shape index (κ1) is 16.0. The van der Waals surface area contributed by atoms with Crippen molar-refractivity contribution in [2.75, 3.05) is 13.1 Å². The van der Waals surface area contributed by atoms with Crippen LogP contribution in [0, 0.1) is 5.92 Å². The number of rotatable bonds is 5. The Morgan fingerprint density at radius 3 is 2.48 bits per heavy atom. The molecule has 6 heteroatoms. The number of carboxylic acid groups (broad SMARTS) is 1. The highest BCUT2D eigenvalue weighted by atomic mass is 32.2. The summed E-state index contributed by atoms with van der Waals surface area (Å²) in [5, 5.41) is 9.16. The highest BCUT2D eigenvalue weighted by molar-refractivity contribution is 7.89. The van der Waals surface area contributed by atoms with Crippen molar-refractivity contribution in [3.63, 3.8) is 0 Å². The molecule has 0 amide bonds. The molecule has 1 aliphatic heterocycles. The van der Waals surface area contributed by atoms with Crippen molar-refractivity contribution in [2.45, 2.75) is 37.5 Å². The van der Waals surface area contributed by atoms with Crippen LogP contribution in [0.2, 0.25) is 0 Å². The van der Waals surface area contributed by atoms with Gasteiger partial charge in [-0.3, -0.25) is 0 Å². The molecule has 0 radical (unpaired) electrons. The molecule has 1 aromatic carbocycles. The van der Waals surface area contributed by atoms with E-state index in [0.717, 1.165) is 25.7 Å². The molecule has 1 N–H and O–H groups in total. The highest BCUT2D eigenvalue weighted by Gasteiger charge is 2.31. The molecule has 5 nitrogen and oxygen atoms in total. The van der Waals surface area contributed by atoms with Crippen LogP contribution in [0.3, 0.4) is 0 Å². The molecule has 0 saturated carbocycles. The van der Waals surface area contributed by atoms with E-state index in [9.17, 15) is 13.2 Å². The Hall–Kier alpha value is -1.40. The average Bonchev–Trinajstić information content (AvgIpc) is 2.48. The molecule has 2 rings (SSSR count). The first-order chi connectivity index (χ1) is 9.96. The van der Waals surface area contributed by atoms with E-state index in [1.807, 2.05) is 0 Å². The van der Waals surface area contributed by atoms with Gasteiger partial charge in [-0.1, -0.05) is 31.9 Å². The third-order valence-electron chi connectivity index (χ3n) is 4.01. The number of piperidine rings is 1. The molecule has 1 saturated heterocycles. The van der Waals surface area contributed by atoms with Crippen molar-refractivity contribution < 1.29 is 18.3 Å². The van der Waals surface area contributed by atoms with E-state index in [0.29, 0.717) is 19.0 Å². The minimum absolute atomic E-state index is 0.105. The van der Waals surface area contributed by atoms with Gasteiger partial charge in [-0.25, -0.2) is 13.2 Å². The summed E-state index contributed by atoms with van der Waals surface area (Å²) in [5.41, 5.74) is -0.159. The Labute approximate surface area is 125 Å². The molecule has 116 valence electrons. The molecule has 1 aliphatic rings. The quantitative estimate of drug-likeness (QED) is 0.907. The normalized spacial score (nSPS) is 17.8. The molecule has 1 fully saturated rings. The fourth-order valence-corrected chi connectivity index (χ4v) is 4.51. The largest absolute Gasteiger partial charge is 0.478 e. The van der Waals surface area contributed by atoms with E-state index in [4.69, 9.17) is 5.11 Å². The number of hydrogen-bond acceptors (Lipinski definition) is 3. The zero-order valence-corrected chi connectivity index (χ0v) is 13.0. The van der Waals surface area contributed by atoms with Crippen molar-refractivity contribution >= 4 is 16.0 Å². The van der Waals surface area contributed by atoms with Gasteiger partial charge in [-0.15, -0.1) is 0 Å². The summed E-state index contributed by atoms with van der Waals surface area (Å²) >= 11 is 0. The summed E-state index contributed by atoms with van der Waals surface area (Å²) in [6, 6.07) is 5.80. The maximum absolute atomic E-state index is 12.6. The molecule has 0 bridgehead atoms. The number of carbonyl (C=O) groups is 1. The smallest absolute Gasteiger partial charge is 0.337 e. The van der Waals surface area contributed by atoms with Gasteiger partial charge in [-0.2, -0.15) is 4.31 Å². The van der Waals surface area contributed by atoms with Gasteiger partial charge in [0.1, 0.15) is 0 Å². The minimum Gasteiger partial charge on any atom is -0.478 e. The molecule has 0 aliphatic carbocycles. The van der Waals surface area contributed by atoms with Crippen LogP contribution < -0.4 is 0 Å². The Bertz CT molecular complexity index is 604. The van der Waals surface area contributed by atoms with Crippen molar-refractivity contribution in [1.82, 2.24) is 4.31 Å². The molecule has 0 spiro atoms. The Kier molecular flexibility index (Phi) is 5.00. The SMILES string of the molecule is CCCC1CCN(S(=O)(=O)c2ccccc2C(=O)O)CC1. The van der Waals surface area contributed by atoms with Crippen LogP contribution in [-0.4, -0.2) is 36.9 Å².